The summed E-state index contributed by atoms with van der Waals surface area (Å²) in [7, 11) is -0.664. The van der Waals surface area contributed by atoms with E-state index in [1.165, 1.54) is 42.8 Å². The molecular weight excluding hydrogens is 393 g/mol. The van der Waals surface area contributed by atoms with Gasteiger partial charge < -0.3 is 0 Å². The molecule has 0 saturated heterocycles. The molecule has 0 N–H and O–H groups in total. The van der Waals surface area contributed by atoms with Gasteiger partial charge in [0.15, 0.2) is 0 Å². The maximum atomic E-state index is 4.89. The molecule has 0 radical (unpaired) electrons. The Morgan fingerprint density at radius 3 is 1.77 bits per heavy atom. The zero-order valence-corrected chi connectivity index (χ0v) is 17.8. The SMILES string of the molecule is c1ccc(P(c2ccccc2)c2cccc3c2ccc2c4ccccc4cnc32)cc1. The molecule has 0 aliphatic carbocycles. The highest BCUT2D eigenvalue weighted by molar-refractivity contribution is 7.80. The summed E-state index contributed by atoms with van der Waals surface area (Å²) in [5.74, 6) is 0. The van der Waals surface area contributed by atoms with Crippen molar-refractivity contribution in [3.8, 4) is 0 Å². The Balaban J connectivity index is 1.66. The van der Waals surface area contributed by atoms with Gasteiger partial charge >= 0.3 is 0 Å². The number of nitrogens with zero attached hydrogens (tertiary/aromatic N) is 1. The number of rotatable bonds is 3. The van der Waals surface area contributed by atoms with E-state index >= 15 is 0 Å². The van der Waals surface area contributed by atoms with Crippen LogP contribution in [0.25, 0.3) is 32.4 Å². The van der Waals surface area contributed by atoms with E-state index in [-0.39, 0.29) is 0 Å². The first-order chi connectivity index (χ1) is 15.4. The third-order valence-corrected chi connectivity index (χ3v) is 8.36. The van der Waals surface area contributed by atoms with Gasteiger partial charge in [0.25, 0.3) is 0 Å². The molecule has 6 aromatic rings. The summed E-state index contributed by atoms with van der Waals surface area (Å²) in [6.45, 7) is 0. The van der Waals surface area contributed by atoms with Crippen LogP contribution in [-0.4, -0.2) is 4.98 Å². The number of benzene rings is 5. The lowest BCUT2D eigenvalue weighted by Gasteiger charge is -2.21. The van der Waals surface area contributed by atoms with E-state index < -0.39 is 7.92 Å². The van der Waals surface area contributed by atoms with E-state index in [0.29, 0.717) is 0 Å². The predicted molar refractivity (Wildman–Crippen MR) is 135 cm³/mol. The molecule has 1 aromatic heterocycles. The minimum atomic E-state index is -0.664. The van der Waals surface area contributed by atoms with E-state index in [1.54, 1.807) is 0 Å². The number of hydrogen-bond acceptors (Lipinski definition) is 1. The van der Waals surface area contributed by atoms with E-state index in [0.717, 1.165) is 5.52 Å². The van der Waals surface area contributed by atoms with Crippen LogP contribution in [0.5, 0.6) is 0 Å². The highest BCUT2D eigenvalue weighted by Crippen LogP contribution is 2.37. The summed E-state index contributed by atoms with van der Waals surface area (Å²) >= 11 is 0. The minimum absolute atomic E-state index is 0.664. The van der Waals surface area contributed by atoms with Crippen LogP contribution in [0.3, 0.4) is 0 Å². The molecule has 1 heterocycles. The molecule has 0 aliphatic rings. The lowest BCUT2D eigenvalue weighted by atomic mass is 10.0. The lowest BCUT2D eigenvalue weighted by molar-refractivity contribution is 1.46. The Kier molecular flexibility index (Phi) is 4.48. The van der Waals surface area contributed by atoms with Crippen LogP contribution >= 0.6 is 7.92 Å². The summed E-state index contributed by atoms with van der Waals surface area (Å²) in [4.78, 5) is 4.89. The van der Waals surface area contributed by atoms with Gasteiger partial charge in [-0.2, -0.15) is 0 Å². The van der Waals surface area contributed by atoms with Crippen LogP contribution in [0.15, 0.2) is 121 Å². The van der Waals surface area contributed by atoms with Gasteiger partial charge in [-0.05, 0) is 34.6 Å². The van der Waals surface area contributed by atoms with Crippen molar-refractivity contribution in [3.63, 3.8) is 0 Å². The number of hydrogen-bond donors (Lipinski definition) is 0. The summed E-state index contributed by atoms with van der Waals surface area (Å²) in [5, 5.41) is 10.3. The molecule has 0 amide bonds. The van der Waals surface area contributed by atoms with Crippen LogP contribution < -0.4 is 15.9 Å². The standard InChI is InChI=1S/C29H20NP/c1-3-11-22(12-4-1)31(23-13-5-2-6-14-23)28-17-9-16-26-25(28)18-19-27-24-15-8-7-10-21(24)20-30-29(26)27/h1-20H. The molecule has 0 fully saturated rings. The lowest BCUT2D eigenvalue weighted by Crippen LogP contribution is -2.21. The molecule has 0 bridgehead atoms. The molecule has 5 aromatic carbocycles. The average molecular weight is 413 g/mol. The highest BCUT2D eigenvalue weighted by Gasteiger charge is 2.19. The molecule has 1 nitrogen and oxygen atoms in total. The maximum Gasteiger partial charge on any atom is 0.0787 e. The maximum absolute atomic E-state index is 4.89. The first-order valence-corrected chi connectivity index (χ1v) is 11.8. The van der Waals surface area contributed by atoms with Gasteiger partial charge in [0, 0.05) is 22.4 Å². The molecule has 6 rings (SSSR count). The van der Waals surface area contributed by atoms with E-state index in [4.69, 9.17) is 4.98 Å². The molecule has 0 saturated carbocycles. The average Bonchev–Trinajstić information content (AvgIpc) is 2.85. The summed E-state index contributed by atoms with van der Waals surface area (Å²) < 4.78 is 0. The normalized spacial score (nSPS) is 11.5. The second kappa shape index (κ2) is 7.61. The fourth-order valence-electron chi connectivity index (χ4n) is 4.45. The van der Waals surface area contributed by atoms with Crippen molar-refractivity contribution in [1.29, 1.82) is 0 Å². The third kappa shape index (κ3) is 3.10. The highest BCUT2D eigenvalue weighted by atomic mass is 31.1. The van der Waals surface area contributed by atoms with E-state index in [2.05, 4.69) is 115 Å². The molecular formula is C29H20NP. The van der Waals surface area contributed by atoms with Gasteiger partial charge in [0.05, 0.1) is 5.52 Å². The molecule has 146 valence electrons. The van der Waals surface area contributed by atoms with Gasteiger partial charge in [-0.25, -0.2) is 0 Å². The Hall–Kier alpha value is -3.54. The molecule has 31 heavy (non-hydrogen) atoms. The van der Waals surface area contributed by atoms with Gasteiger partial charge in [0.1, 0.15) is 0 Å². The number of fused-ring (bicyclic) bond motifs is 5. The molecule has 2 heteroatoms. The zero-order valence-electron chi connectivity index (χ0n) is 16.9. The largest absolute Gasteiger partial charge is 0.255 e. The Bertz CT molecular complexity index is 1490. The van der Waals surface area contributed by atoms with Crippen LogP contribution in [0.2, 0.25) is 0 Å². The Morgan fingerprint density at radius 1 is 0.452 bits per heavy atom. The van der Waals surface area contributed by atoms with E-state index in [1.807, 2.05) is 6.20 Å². The summed E-state index contributed by atoms with van der Waals surface area (Å²) in [6, 6.07) is 41.5. The van der Waals surface area contributed by atoms with Crippen molar-refractivity contribution in [1.82, 2.24) is 4.98 Å². The van der Waals surface area contributed by atoms with Gasteiger partial charge in [-0.1, -0.05) is 115 Å². The van der Waals surface area contributed by atoms with Gasteiger partial charge in [-0.15, -0.1) is 0 Å². The number of aromatic nitrogens is 1. The van der Waals surface area contributed by atoms with Crippen molar-refractivity contribution in [2.75, 3.05) is 0 Å². The fourth-order valence-corrected chi connectivity index (χ4v) is 6.91. The van der Waals surface area contributed by atoms with Crippen molar-refractivity contribution >= 4 is 56.3 Å². The predicted octanol–water partition coefficient (Wildman–Crippen LogP) is 6.30. The van der Waals surface area contributed by atoms with Crippen molar-refractivity contribution in [2.24, 2.45) is 0 Å². The van der Waals surface area contributed by atoms with Gasteiger partial charge in [0.2, 0.25) is 0 Å². The van der Waals surface area contributed by atoms with E-state index in [9.17, 15) is 0 Å². The second-order valence-electron chi connectivity index (χ2n) is 7.69. The van der Waals surface area contributed by atoms with Crippen LogP contribution in [0.1, 0.15) is 0 Å². The molecule has 0 aliphatic heterocycles. The Morgan fingerprint density at radius 2 is 1.03 bits per heavy atom. The summed E-state index contributed by atoms with van der Waals surface area (Å²) in [6.07, 6.45) is 2.00. The topological polar surface area (TPSA) is 12.9 Å². The smallest absolute Gasteiger partial charge is 0.0787 e. The number of pyridine rings is 1. The van der Waals surface area contributed by atoms with Crippen LogP contribution in [-0.2, 0) is 0 Å². The monoisotopic (exact) mass is 413 g/mol. The quantitative estimate of drug-likeness (QED) is 0.245. The zero-order chi connectivity index (χ0) is 20.6. The first-order valence-electron chi connectivity index (χ1n) is 10.5. The molecule has 0 unspecified atom stereocenters. The van der Waals surface area contributed by atoms with Gasteiger partial charge in [-0.3, -0.25) is 4.98 Å². The first kappa shape index (κ1) is 18.2. The van der Waals surface area contributed by atoms with Crippen molar-refractivity contribution in [2.45, 2.75) is 0 Å². The van der Waals surface area contributed by atoms with Crippen LogP contribution in [0.4, 0.5) is 0 Å². The fraction of sp³-hybridized carbons (Fsp3) is 0. The molecule has 0 spiro atoms. The third-order valence-electron chi connectivity index (χ3n) is 5.86. The minimum Gasteiger partial charge on any atom is -0.255 e. The molecule has 0 atom stereocenters. The Labute approximate surface area is 182 Å². The van der Waals surface area contributed by atoms with Crippen LogP contribution in [0, 0.1) is 0 Å². The summed E-state index contributed by atoms with van der Waals surface area (Å²) in [5.41, 5.74) is 1.08. The van der Waals surface area contributed by atoms with Crippen molar-refractivity contribution in [3.05, 3.63) is 121 Å². The second-order valence-corrected chi connectivity index (χ2v) is 9.87. The van der Waals surface area contributed by atoms with Crippen molar-refractivity contribution < 1.29 is 0 Å².